The number of amides is 2. The highest BCUT2D eigenvalue weighted by Gasteiger charge is 2.32. The molecule has 0 N–H and O–H groups in total. The van der Waals surface area contributed by atoms with Crippen molar-refractivity contribution in [2.45, 2.75) is 25.7 Å². The largest absolute Gasteiger partial charge is 0.490 e. The molecule has 140 valence electrons. The van der Waals surface area contributed by atoms with Crippen LogP contribution in [0.3, 0.4) is 0 Å². The van der Waals surface area contributed by atoms with E-state index in [4.69, 9.17) is 4.74 Å². The van der Waals surface area contributed by atoms with Gasteiger partial charge in [-0.2, -0.15) is 0 Å². The van der Waals surface area contributed by atoms with Gasteiger partial charge in [0.2, 0.25) is 11.8 Å². The maximum atomic E-state index is 12.8. The van der Waals surface area contributed by atoms with Crippen LogP contribution in [-0.4, -0.2) is 67.5 Å². The average molecular weight is 357 g/mol. The molecule has 6 heteroatoms. The molecule has 4 rings (SSSR count). The van der Waals surface area contributed by atoms with E-state index in [0.717, 1.165) is 56.8 Å². The molecule has 3 aliphatic heterocycles. The molecule has 2 amide bonds. The van der Waals surface area contributed by atoms with Gasteiger partial charge in [0, 0.05) is 32.1 Å². The van der Waals surface area contributed by atoms with Crippen LogP contribution in [0.15, 0.2) is 24.3 Å². The predicted octanol–water partition coefficient (Wildman–Crippen LogP) is 1.75. The van der Waals surface area contributed by atoms with Gasteiger partial charge >= 0.3 is 0 Å². The predicted molar refractivity (Wildman–Crippen MR) is 99.3 cm³/mol. The molecule has 0 unspecified atom stereocenters. The summed E-state index contributed by atoms with van der Waals surface area (Å²) in [6.07, 6.45) is 3.84. The first-order valence-corrected chi connectivity index (χ1v) is 9.76. The van der Waals surface area contributed by atoms with Crippen molar-refractivity contribution in [1.29, 1.82) is 0 Å². The number of piperidine rings is 1. The van der Waals surface area contributed by atoms with Crippen molar-refractivity contribution in [3.63, 3.8) is 0 Å². The summed E-state index contributed by atoms with van der Waals surface area (Å²) in [6, 6.07) is 7.87. The molecule has 3 aliphatic rings. The monoisotopic (exact) mass is 357 g/mol. The van der Waals surface area contributed by atoms with Crippen LogP contribution in [-0.2, 0) is 9.59 Å². The van der Waals surface area contributed by atoms with Crippen molar-refractivity contribution < 1.29 is 14.3 Å². The number of rotatable bonds is 3. The van der Waals surface area contributed by atoms with E-state index in [2.05, 4.69) is 4.90 Å². The van der Waals surface area contributed by atoms with Crippen LogP contribution in [0.4, 0.5) is 5.69 Å². The highest BCUT2D eigenvalue weighted by molar-refractivity contribution is 5.83. The molecule has 26 heavy (non-hydrogen) atoms. The van der Waals surface area contributed by atoms with E-state index < -0.39 is 0 Å². The Kier molecular flexibility index (Phi) is 5.00. The van der Waals surface area contributed by atoms with E-state index >= 15 is 0 Å². The second-order valence-electron chi connectivity index (χ2n) is 7.43. The summed E-state index contributed by atoms with van der Waals surface area (Å²) in [6.45, 7) is 4.92. The number of ether oxygens (including phenoxy) is 1. The minimum atomic E-state index is 0.0984. The van der Waals surface area contributed by atoms with E-state index in [0.29, 0.717) is 32.1 Å². The summed E-state index contributed by atoms with van der Waals surface area (Å²) in [5.74, 6) is 1.40. The number of carbonyl (C=O) groups excluding carboxylic acids is 2. The van der Waals surface area contributed by atoms with E-state index in [9.17, 15) is 9.59 Å². The van der Waals surface area contributed by atoms with Crippen LogP contribution < -0.4 is 9.64 Å². The molecular formula is C20H27N3O3. The van der Waals surface area contributed by atoms with Gasteiger partial charge in [-0.05, 0) is 37.8 Å². The molecular weight excluding hydrogens is 330 g/mol. The smallest absolute Gasteiger partial charge is 0.242 e. The number of fused-ring (bicyclic) bond motifs is 1. The molecule has 1 aromatic carbocycles. The zero-order valence-electron chi connectivity index (χ0n) is 15.2. The van der Waals surface area contributed by atoms with Crippen LogP contribution in [0.5, 0.6) is 5.75 Å². The maximum absolute atomic E-state index is 12.8. The first kappa shape index (κ1) is 17.2. The summed E-state index contributed by atoms with van der Waals surface area (Å²) in [5, 5.41) is 0. The van der Waals surface area contributed by atoms with Crippen molar-refractivity contribution in [3.8, 4) is 5.75 Å². The summed E-state index contributed by atoms with van der Waals surface area (Å²) < 4.78 is 5.66. The molecule has 0 bridgehead atoms. The quantitative estimate of drug-likeness (QED) is 0.827. The Bertz CT molecular complexity index is 664. The molecule has 3 heterocycles. The van der Waals surface area contributed by atoms with Crippen molar-refractivity contribution in [2.24, 2.45) is 5.92 Å². The first-order chi connectivity index (χ1) is 12.7. The summed E-state index contributed by atoms with van der Waals surface area (Å²) >= 11 is 0. The third-order valence-corrected chi connectivity index (χ3v) is 5.77. The van der Waals surface area contributed by atoms with E-state index in [1.165, 1.54) is 0 Å². The van der Waals surface area contributed by atoms with Crippen molar-refractivity contribution >= 4 is 17.5 Å². The normalized spacial score (nSPS) is 20.7. The minimum absolute atomic E-state index is 0.0984. The van der Waals surface area contributed by atoms with Gasteiger partial charge in [0.15, 0.2) is 0 Å². The van der Waals surface area contributed by atoms with Gasteiger partial charge in [0.1, 0.15) is 12.4 Å². The minimum Gasteiger partial charge on any atom is -0.490 e. The molecule has 0 atom stereocenters. The number of carbonyl (C=O) groups is 2. The fourth-order valence-electron chi connectivity index (χ4n) is 4.23. The molecule has 1 aromatic rings. The molecule has 0 aliphatic carbocycles. The number of anilines is 1. The van der Waals surface area contributed by atoms with Crippen molar-refractivity contribution in [2.75, 3.05) is 50.8 Å². The number of hydrogen-bond donors (Lipinski definition) is 0. The molecule has 6 nitrogen and oxygen atoms in total. The van der Waals surface area contributed by atoms with Crippen molar-refractivity contribution in [3.05, 3.63) is 24.3 Å². The summed E-state index contributed by atoms with van der Waals surface area (Å²) in [5.41, 5.74) is 0.992. The Morgan fingerprint density at radius 3 is 2.46 bits per heavy atom. The van der Waals surface area contributed by atoms with Gasteiger partial charge in [0.05, 0.1) is 18.8 Å². The number of hydrogen-bond acceptors (Lipinski definition) is 4. The van der Waals surface area contributed by atoms with E-state index in [-0.39, 0.29) is 11.8 Å². The SMILES string of the molecule is O=C(CN1CCOc2ccccc21)N1CCC(C(=O)N2CCCC2)CC1. The molecule has 2 fully saturated rings. The van der Waals surface area contributed by atoms with Gasteiger partial charge in [0.25, 0.3) is 0 Å². The fourth-order valence-corrected chi connectivity index (χ4v) is 4.23. The Morgan fingerprint density at radius 1 is 0.962 bits per heavy atom. The van der Waals surface area contributed by atoms with Gasteiger partial charge in [-0.15, -0.1) is 0 Å². The van der Waals surface area contributed by atoms with Gasteiger partial charge in [-0.3, -0.25) is 9.59 Å². The lowest BCUT2D eigenvalue weighted by Crippen LogP contribution is -2.48. The first-order valence-electron chi connectivity index (χ1n) is 9.76. The third kappa shape index (κ3) is 3.50. The molecule has 2 saturated heterocycles. The van der Waals surface area contributed by atoms with Crippen molar-refractivity contribution in [1.82, 2.24) is 9.80 Å². The van der Waals surface area contributed by atoms with E-state index in [1.54, 1.807) is 0 Å². The zero-order chi connectivity index (χ0) is 17.9. The topological polar surface area (TPSA) is 53.1 Å². The molecule has 0 spiro atoms. The second kappa shape index (κ2) is 7.56. The highest BCUT2D eigenvalue weighted by atomic mass is 16.5. The number of para-hydroxylation sites is 2. The lowest BCUT2D eigenvalue weighted by atomic mass is 9.95. The number of nitrogens with zero attached hydrogens (tertiary/aromatic N) is 3. The van der Waals surface area contributed by atoms with Crippen LogP contribution in [0.1, 0.15) is 25.7 Å². The highest BCUT2D eigenvalue weighted by Crippen LogP contribution is 2.31. The summed E-state index contributed by atoms with van der Waals surface area (Å²) in [7, 11) is 0. The Morgan fingerprint density at radius 2 is 1.69 bits per heavy atom. The lowest BCUT2D eigenvalue weighted by Gasteiger charge is -2.36. The van der Waals surface area contributed by atoms with Gasteiger partial charge in [-0.1, -0.05) is 12.1 Å². The van der Waals surface area contributed by atoms with Gasteiger partial charge < -0.3 is 19.4 Å². The number of likely N-dealkylation sites (tertiary alicyclic amines) is 2. The van der Waals surface area contributed by atoms with Crippen LogP contribution in [0, 0.1) is 5.92 Å². The number of benzene rings is 1. The Balaban J connectivity index is 1.31. The lowest BCUT2D eigenvalue weighted by molar-refractivity contribution is -0.139. The maximum Gasteiger partial charge on any atom is 0.242 e. The Hall–Kier alpha value is -2.24. The second-order valence-corrected chi connectivity index (χ2v) is 7.43. The average Bonchev–Trinajstić information content (AvgIpc) is 3.23. The zero-order valence-corrected chi connectivity index (χ0v) is 15.2. The fraction of sp³-hybridized carbons (Fsp3) is 0.600. The standard InChI is InChI=1S/C20H27N3O3/c24-19(15-23-13-14-26-18-6-2-1-5-17(18)23)21-11-7-16(8-12-21)20(25)22-9-3-4-10-22/h1-2,5-6,16H,3-4,7-15H2. The van der Waals surface area contributed by atoms with E-state index in [1.807, 2.05) is 34.1 Å². The molecule has 0 aromatic heterocycles. The van der Waals surface area contributed by atoms with Crippen LogP contribution in [0.2, 0.25) is 0 Å². The van der Waals surface area contributed by atoms with Crippen LogP contribution in [0.25, 0.3) is 0 Å². The summed E-state index contributed by atoms with van der Waals surface area (Å²) in [4.78, 5) is 31.3. The van der Waals surface area contributed by atoms with Gasteiger partial charge in [-0.25, -0.2) is 0 Å². The third-order valence-electron chi connectivity index (χ3n) is 5.77. The Labute approximate surface area is 154 Å². The van der Waals surface area contributed by atoms with Crippen LogP contribution >= 0.6 is 0 Å². The molecule has 0 radical (unpaired) electrons. The molecule has 0 saturated carbocycles.